The molecule has 2 N–H and O–H groups in total. The largest absolute Gasteiger partial charge is 0.480 e. The van der Waals surface area contributed by atoms with Crippen molar-refractivity contribution in [1.82, 2.24) is 10.2 Å². The van der Waals surface area contributed by atoms with Crippen molar-refractivity contribution in [3.05, 3.63) is 59.7 Å². The lowest BCUT2D eigenvalue weighted by Gasteiger charge is -2.27. The van der Waals surface area contributed by atoms with Crippen molar-refractivity contribution in [3.8, 4) is 11.1 Å². The normalized spacial score (nSPS) is 13.2. The number of carboxylic acid groups (broad SMARTS) is 1. The molecule has 0 aromatic heterocycles. The fraction of sp³-hybridized carbons (Fsp3) is 0.444. The van der Waals surface area contributed by atoms with E-state index in [-0.39, 0.29) is 37.4 Å². The first-order valence-corrected chi connectivity index (χ1v) is 11.9. The van der Waals surface area contributed by atoms with E-state index in [0.29, 0.717) is 19.4 Å². The van der Waals surface area contributed by atoms with Gasteiger partial charge in [0, 0.05) is 19.0 Å². The average Bonchev–Trinajstić information content (AvgIpc) is 3.13. The smallest absolute Gasteiger partial charge is 0.407 e. The maximum Gasteiger partial charge on any atom is 0.407 e. The predicted octanol–water partition coefficient (Wildman–Crippen LogP) is 4.51. The molecular weight excluding hydrogens is 432 g/mol. The molecule has 0 heterocycles. The number of hydrogen-bond donors (Lipinski definition) is 2. The van der Waals surface area contributed by atoms with Gasteiger partial charge in [-0.15, -0.1) is 0 Å². The van der Waals surface area contributed by atoms with Crippen LogP contribution in [0, 0.1) is 11.8 Å². The van der Waals surface area contributed by atoms with Crippen LogP contribution in [0.25, 0.3) is 11.1 Å². The van der Waals surface area contributed by atoms with Gasteiger partial charge in [0.25, 0.3) is 0 Å². The highest BCUT2D eigenvalue weighted by Gasteiger charge is 2.30. The number of hydrogen-bond acceptors (Lipinski definition) is 4. The fourth-order valence-corrected chi connectivity index (χ4v) is 4.66. The van der Waals surface area contributed by atoms with Crippen LogP contribution < -0.4 is 5.32 Å². The van der Waals surface area contributed by atoms with Gasteiger partial charge in [0.2, 0.25) is 5.91 Å². The van der Waals surface area contributed by atoms with Gasteiger partial charge in [0.05, 0.1) is 5.92 Å². The van der Waals surface area contributed by atoms with Crippen LogP contribution in [-0.2, 0) is 14.3 Å². The lowest BCUT2D eigenvalue weighted by atomic mass is 9.95. The zero-order valence-corrected chi connectivity index (χ0v) is 20.1. The summed E-state index contributed by atoms with van der Waals surface area (Å²) in [5, 5.41) is 11.9. The van der Waals surface area contributed by atoms with E-state index in [2.05, 4.69) is 29.6 Å². The quantitative estimate of drug-likeness (QED) is 0.508. The molecule has 7 nitrogen and oxygen atoms in total. The minimum absolute atomic E-state index is 0.0399. The van der Waals surface area contributed by atoms with Crippen LogP contribution in [0.5, 0.6) is 0 Å². The molecule has 1 unspecified atom stereocenters. The molecule has 0 saturated heterocycles. The Balaban J connectivity index is 1.62. The minimum atomic E-state index is -1.05. The molecule has 182 valence electrons. The molecule has 0 saturated carbocycles. The highest BCUT2D eigenvalue weighted by molar-refractivity contribution is 5.84. The number of ether oxygens (including phenoxy) is 1. The Hall–Kier alpha value is -3.35. The summed E-state index contributed by atoms with van der Waals surface area (Å²) in [6.45, 7) is 6.21. The van der Waals surface area contributed by atoms with Crippen LogP contribution in [0.1, 0.15) is 50.7 Å². The average molecular weight is 467 g/mol. The Morgan fingerprint density at radius 3 is 2.15 bits per heavy atom. The van der Waals surface area contributed by atoms with Gasteiger partial charge in [-0.05, 0) is 41.0 Å². The van der Waals surface area contributed by atoms with Gasteiger partial charge in [0.15, 0.2) is 0 Å². The highest BCUT2D eigenvalue weighted by atomic mass is 16.5. The molecule has 0 spiro atoms. The number of amides is 2. The Bertz CT molecular complexity index is 974. The fourth-order valence-electron chi connectivity index (χ4n) is 4.66. The number of nitrogens with zero attached hydrogens (tertiary/aromatic N) is 1. The van der Waals surface area contributed by atoms with Crippen molar-refractivity contribution in [1.29, 1.82) is 0 Å². The van der Waals surface area contributed by atoms with E-state index in [4.69, 9.17) is 4.74 Å². The van der Waals surface area contributed by atoms with Crippen LogP contribution in [0.3, 0.4) is 0 Å². The summed E-state index contributed by atoms with van der Waals surface area (Å²) in [4.78, 5) is 38.1. The van der Waals surface area contributed by atoms with Crippen LogP contribution in [-0.4, -0.2) is 54.2 Å². The number of alkyl carbamates (subject to hydrolysis) is 1. The number of aliphatic carboxylic acids is 1. The van der Waals surface area contributed by atoms with Crippen molar-refractivity contribution in [3.63, 3.8) is 0 Å². The van der Waals surface area contributed by atoms with Crippen molar-refractivity contribution in [2.45, 2.75) is 39.5 Å². The Morgan fingerprint density at radius 1 is 1.03 bits per heavy atom. The van der Waals surface area contributed by atoms with Crippen molar-refractivity contribution >= 4 is 18.0 Å². The summed E-state index contributed by atoms with van der Waals surface area (Å²) in [6.07, 6.45) is 0.624. The number of nitrogens with one attached hydrogen (secondary N) is 1. The van der Waals surface area contributed by atoms with Crippen LogP contribution >= 0.6 is 0 Å². The van der Waals surface area contributed by atoms with Gasteiger partial charge < -0.3 is 20.1 Å². The second-order valence-corrected chi connectivity index (χ2v) is 9.19. The van der Waals surface area contributed by atoms with Crippen LogP contribution in [0.4, 0.5) is 4.79 Å². The molecule has 2 amide bonds. The van der Waals surface area contributed by atoms with Crippen LogP contribution in [0.2, 0.25) is 0 Å². The van der Waals surface area contributed by atoms with Crippen LogP contribution in [0.15, 0.2) is 48.5 Å². The Morgan fingerprint density at radius 2 is 1.62 bits per heavy atom. The van der Waals surface area contributed by atoms with E-state index in [1.807, 2.05) is 45.0 Å². The molecule has 0 aliphatic heterocycles. The standard InChI is InChI=1S/C27H34N2O5/c1-4-13-29(16-25(30)31)26(32)19(14-18(2)3)15-28-27(33)34-17-24-22-11-7-5-9-20(22)21-10-6-8-12-23(21)24/h5-12,18-19,24H,4,13-17H2,1-3H3,(H,28,33)(H,30,31). The maximum atomic E-state index is 13.0. The monoisotopic (exact) mass is 466 g/mol. The van der Waals surface area contributed by atoms with E-state index < -0.39 is 18.0 Å². The summed E-state index contributed by atoms with van der Waals surface area (Å²) in [5.74, 6) is -1.63. The van der Waals surface area contributed by atoms with E-state index in [1.165, 1.54) is 4.90 Å². The first kappa shape index (κ1) is 25.3. The zero-order valence-electron chi connectivity index (χ0n) is 20.1. The second kappa shape index (κ2) is 11.7. The van der Waals surface area contributed by atoms with Crippen molar-refractivity contribution in [2.75, 3.05) is 26.2 Å². The minimum Gasteiger partial charge on any atom is -0.480 e. The predicted molar refractivity (Wildman–Crippen MR) is 131 cm³/mol. The van der Waals surface area contributed by atoms with Gasteiger partial charge in [-0.1, -0.05) is 69.3 Å². The number of carbonyl (C=O) groups excluding carboxylic acids is 2. The molecule has 2 aromatic carbocycles. The van der Waals surface area contributed by atoms with Crippen molar-refractivity contribution in [2.24, 2.45) is 11.8 Å². The Kier molecular flexibility index (Phi) is 8.68. The lowest BCUT2D eigenvalue weighted by molar-refractivity contribution is -0.146. The molecule has 34 heavy (non-hydrogen) atoms. The van der Waals surface area contributed by atoms with Gasteiger partial charge in [-0.2, -0.15) is 0 Å². The molecule has 7 heteroatoms. The number of fused-ring (bicyclic) bond motifs is 3. The number of benzene rings is 2. The number of carbonyl (C=O) groups is 3. The van der Waals surface area contributed by atoms with E-state index in [1.54, 1.807) is 0 Å². The molecular formula is C27H34N2O5. The summed E-state index contributed by atoms with van der Waals surface area (Å²) in [6, 6.07) is 16.3. The van der Waals surface area contributed by atoms with Gasteiger partial charge >= 0.3 is 12.1 Å². The first-order chi connectivity index (χ1) is 16.3. The molecule has 3 rings (SSSR count). The SMILES string of the molecule is CCCN(CC(=O)O)C(=O)C(CNC(=O)OCC1c2ccccc2-c2ccccc21)CC(C)C. The highest BCUT2D eigenvalue weighted by Crippen LogP contribution is 2.44. The van der Waals surface area contributed by atoms with Gasteiger partial charge in [-0.25, -0.2) is 4.79 Å². The second-order valence-electron chi connectivity index (χ2n) is 9.19. The molecule has 1 aliphatic rings. The number of carboxylic acids is 1. The topological polar surface area (TPSA) is 95.9 Å². The molecule has 0 bridgehead atoms. The first-order valence-electron chi connectivity index (χ1n) is 11.9. The summed E-state index contributed by atoms with van der Waals surface area (Å²) in [7, 11) is 0. The van der Waals surface area contributed by atoms with Crippen molar-refractivity contribution < 1.29 is 24.2 Å². The molecule has 1 atom stereocenters. The molecule has 0 fully saturated rings. The van der Waals surface area contributed by atoms with E-state index >= 15 is 0 Å². The molecule has 1 aliphatic carbocycles. The third kappa shape index (κ3) is 6.16. The van der Waals surface area contributed by atoms with E-state index in [9.17, 15) is 19.5 Å². The third-order valence-electron chi connectivity index (χ3n) is 6.07. The lowest BCUT2D eigenvalue weighted by Crippen LogP contribution is -2.44. The summed E-state index contributed by atoms with van der Waals surface area (Å²) < 4.78 is 5.58. The number of rotatable bonds is 11. The summed E-state index contributed by atoms with van der Waals surface area (Å²) >= 11 is 0. The Labute approximate surface area is 201 Å². The molecule has 2 aromatic rings. The van der Waals surface area contributed by atoms with Gasteiger partial charge in [-0.3, -0.25) is 9.59 Å². The van der Waals surface area contributed by atoms with Gasteiger partial charge in [0.1, 0.15) is 13.2 Å². The maximum absolute atomic E-state index is 13.0. The van der Waals surface area contributed by atoms with E-state index in [0.717, 1.165) is 22.3 Å². The zero-order chi connectivity index (χ0) is 24.7. The summed E-state index contributed by atoms with van der Waals surface area (Å²) in [5.41, 5.74) is 4.58. The molecule has 0 radical (unpaired) electrons. The third-order valence-corrected chi connectivity index (χ3v) is 6.07.